The van der Waals surface area contributed by atoms with Crippen LogP contribution in [-0.2, 0) is 14.3 Å². The molecular formula is C21H31NO4. The van der Waals surface area contributed by atoms with Crippen molar-refractivity contribution >= 4 is 11.9 Å². The van der Waals surface area contributed by atoms with E-state index >= 15 is 0 Å². The summed E-state index contributed by atoms with van der Waals surface area (Å²) < 4.78 is 10.4. The van der Waals surface area contributed by atoms with E-state index < -0.39 is 0 Å². The predicted octanol–water partition coefficient (Wildman–Crippen LogP) is 3.91. The minimum atomic E-state index is -0.307. The Labute approximate surface area is 156 Å². The van der Waals surface area contributed by atoms with Gasteiger partial charge in [0.1, 0.15) is 19.0 Å². The predicted molar refractivity (Wildman–Crippen MR) is 101 cm³/mol. The number of hydrogen-bond acceptors (Lipinski definition) is 4. The average Bonchev–Trinajstić information content (AvgIpc) is 2.67. The smallest absolute Gasteiger partial charge is 0.302 e. The molecule has 1 saturated heterocycles. The lowest BCUT2D eigenvalue weighted by molar-refractivity contribution is -0.141. The highest BCUT2D eigenvalue weighted by atomic mass is 16.6. The van der Waals surface area contributed by atoms with Crippen molar-refractivity contribution in [2.45, 2.75) is 58.3 Å². The molecule has 0 aromatic heterocycles. The van der Waals surface area contributed by atoms with Crippen LogP contribution in [0.5, 0.6) is 5.75 Å². The van der Waals surface area contributed by atoms with Gasteiger partial charge in [-0.15, -0.1) is 0 Å². The summed E-state index contributed by atoms with van der Waals surface area (Å²) in [5.74, 6) is 0.615. The topological polar surface area (TPSA) is 55.8 Å². The maximum absolute atomic E-state index is 13.0. The quantitative estimate of drug-likeness (QED) is 0.494. The zero-order valence-corrected chi connectivity index (χ0v) is 16.0. The van der Waals surface area contributed by atoms with Gasteiger partial charge in [-0.1, -0.05) is 31.9 Å². The van der Waals surface area contributed by atoms with Gasteiger partial charge in [-0.05, 0) is 43.4 Å². The fourth-order valence-corrected chi connectivity index (χ4v) is 3.32. The molecule has 0 spiro atoms. The van der Waals surface area contributed by atoms with Gasteiger partial charge < -0.3 is 14.4 Å². The number of piperidine rings is 1. The van der Waals surface area contributed by atoms with E-state index in [9.17, 15) is 9.59 Å². The molecule has 1 amide bonds. The Morgan fingerprint density at radius 3 is 2.38 bits per heavy atom. The number of carbonyl (C=O) groups is 2. The SMILES string of the molecule is CCCCC(C(=O)N1CCCCC1)c1ccc(OCCOC(C)=O)cc1. The molecule has 1 aromatic rings. The lowest BCUT2D eigenvalue weighted by Gasteiger charge is -2.30. The number of amides is 1. The summed E-state index contributed by atoms with van der Waals surface area (Å²) in [5.41, 5.74) is 1.06. The summed E-state index contributed by atoms with van der Waals surface area (Å²) >= 11 is 0. The van der Waals surface area contributed by atoms with Crippen molar-refractivity contribution in [3.05, 3.63) is 29.8 Å². The van der Waals surface area contributed by atoms with Crippen LogP contribution in [0.3, 0.4) is 0 Å². The Kier molecular flexibility index (Phi) is 8.45. The number of carbonyl (C=O) groups excluding carboxylic acids is 2. The van der Waals surface area contributed by atoms with Gasteiger partial charge in [0, 0.05) is 20.0 Å². The molecule has 26 heavy (non-hydrogen) atoms. The number of hydrogen-bond donors (Lipinski definition) is 0. The molecule has 144 valence electrons. The van der Waals surface area contributed by atoms with Crippen LogP contribution < -0.4 is 4.74 Å². The fraction of sp³-hybridized carbons (Fsp3) is 0.619. The molecule has 1 unspecified atom stereocenters. The van der Waals surface area contributed by atoms with E-state index in [2.05, 4.69) is 6.92 Å². The molecule has 1 atom stereocenters. The number of ether oxygens (including phenoxy) is 2. The van der Waals surface area contributed by atoms with E-state index in [1.807, 2.05) is 29.2 Å². The van der Waals surface area contributed by atoms with Crippen LogP contribution in [0.1, 0.15) is 63.9 Å². The zero-order chi connectivity index (χ0) is 18.8. The molecule has 0 radical (unpaired) electrons. The molecule has 2 rings (SSSR count). The maximum Gasteiger partial charge on any atom is 0.302 e. The van der Waals surface area contributed by atoms with Gasteiger partial charge in [0.25, 0.3) is 0 Å². The van der Waals surface area contributed by atoms with Crippen LogP contribution in [0.15, 0.2) is 24.3 Å². The summed E-state index contributed by atoms with van der Waals surface area (Å²) in [6.07, 6.45) is 6.47. The van der Waals surface area contributed by atoms with Crippen molar-refractivity contribution < 1.29 is 19.1 Å². The third-order valence-electron chi connectivity index (χ3n) is 4.75. The number of likely N-dealkylation sites (tertiary alicyclic amines) is 1. The first-order chi connectivity index (χ1) is 12.6. The Morgan fingerprint density at radius 2 is 1.77 bits per heavy atom. The first-order valence-electron chi connectivity index (χ1n) is 9.76. The van der Waals surface area contributed by atoms with Gasteiger partial charge >= 0.3 is 5.97 Å². The first-order valence-corrected chi connectivity index (χ1v) is 9.76. The van der Waals surface area contributed by atoms with Crippen molar-refractivity contribution in [2.75, 3.05) is 26.3 Å². The van der Waals surface area contributed by atoms with Gasteiger partial charge in [0.15, 0.2) is 0 Å². The Bertz CT molecular complexity index is 564. The van der Waals surface area contributed by atoms with E-state index in [1.165, 1.54) is 13.3 Å². The minimum absolute atomic E-state index is 0.0665. The van der Waals surface area contributed by atoms with Gasteiger partial charge in [0.05, 0.1) is 5.92 Å². The lowest BCUT2D eigenvalue weighted by atomic mass is 9.91. The second-order valence-electron chi connectivity index (χ2n) is 6.84. The normalized spacial score (nSPS) is 15.4. The summed E-state index contributed by atoms with van der Waals surface area (Å²) in [7, 11) is 0. The van der Waals surface area contributed by atoms with Crippen LogP contribution in [-0.4, -0.2) is 43.1 Å². The maximum atomic E-state index is 13.0. The number of benzene rings is 1. The molecule has 1 fully saturated rings. The summed E-state index contributed by atoms with van der Waals surface area (Å²) in [5, 5.41) is 0. The Balaban J connectivity index is 1.97. The molecule has 1 aromatic carbocycles. The monoisotopic (exact) mass is 361 g/mol. The van der Waals surface area contributed by atoms with Gasteiger partial charge in [-0.3, -0.25) is 9.59 Å². The Morgan fingerprint density at radius 1 is 1.08 bits per heavy atom. The molecule has 1 aliphatic heterocycles. The summed E-state index contributed by atoms with van der Waals surface area (Å²) in [6, 6.07) is 7.77. The van der Waals surface area contributed by atoms with E-state index in [-0.39, 0.29) is 24.4 Å². The van der Waals surface area contributed by atoms with Crippen LogP contribution in [0.25, 0.3) is 0 Å². The minimum Gasteiger partial charge on any atom is -0.490 e. The molecular weight excluding hydrogens is 330 g/mol. The zero-order valence-electron chi connectivity index (χ0n) is 16.0. The van der Waals surface area contributed by atoms with Crippen molar-refractivity contribution in [3.8, 4) is 5.75 Å². The Hall–Kier alpha value is -2.04. The second-order valence-corrected chi connectivity index (χ2v) is 6.84. The highest BCUT2D eigenvalue weighted by molar-refractivity contribution is 5.83. The molecule has 5 heteroatoms. The molecule has 1 heterocycles. The van der Waals surface area contributed by atoms with Crippen LogP contribution in [0, 0.1) is 0 Å². The summed E-state index contributed by atoms with van der Waals surface area (Å²) in [6.45, 7) is 5.87. The standard InChI is InChI=1S/C21H31NO4/c1-3-4-8-20(21(24)22-13-6-5-7-14-22)18-9-11-19(12-10-18)26-16-15-25-17(2)23/h9-12,20H,3-8,13-16H2,1-2H3. The third kappa shape index (κ3) is 6.36. The fourth-order valence-electron chi connectivity index (χ4n) is 3.32. The van der Waals surface area contributed by atoms with Gasteiger partial charge in [-0.2, -0.15) is 0 Å². The molecule has 5 nitrogen and oxygen atoms in total. The number of nitrogens with zero attached hydrogens (tertiary/aromatic N) is 1. The largest absolute Gasteiger partial charge is 0.490 e. The highest BCUT2D eigenvalue weighted by Crippen LogP contribution is 2.27. The van der Waals surface area contributed by atoms with E-state index in [4.69, 9.17) is 9.47 Å². The molecule has 0 bridgehead atoms. The van der Waals surface area contributed by atoms with E-state index in [1.54, 1.807) is 0 Å². The molecule has 0 saturated carbocycles. The van der Waals surface area contributed by atoms with Crippen molar-refractivity contribution in [2.24, 2.45) is 0 Å². The number of rotatable bonds is 9. The number of esters is 1. The first kappa shape index (κ1) is 20.3. The average molecular weight is 361 g/mol. The van der Waals surface area contributed by atoms with Crippen molar-refractivity contribution in [1.29, 1.82) is 0 Å². The van der Waals surface area contributed by atoms with Crippen LogP contribution in [0.2, 0.25) is 0 Å². The molecule has 0 aliphatic carbocycles. The summed E-state index contributed by atoms with van der Waals surface area (Å²) in [4.78, 5) is 25.8. The second kappa shape index (κ2) is 10.8. The third-order valence-corrected chi connectivity index (χ3v) is 4.75. The molecule has 1 aliphatic rings. The van der Waals surface area contributed by atoms with Crippen LogP contribution in [0.4, 0.5) is 0 Å². The van der Waals surface area contributed by atoms with Gasteiger partial charge in [-0.25, -0.2) is 0 Å². The van der Waals surface area contributed by atoms with Crippen molar-refractivity contribution in [3.63, 3.8) is 0 Å². The van der Waals surface area contributed by atoms with E-state index in [0.29, 0.717) is 6.61 Å². The van der Waals surface area contributed by atoms with Crippen LogP contribution >= 0.6 is 0 Å². The highest BCUT2D eigenvalue weighted by Gasteiger charge is 2.26. The lowest BCUT2D eigenvalue weighted by Crippen LogP contribution is -2.38. The number of unbranched alkanes of at least 4 members (excludes halogenated alkanes) is 1. The van der Waals surface area contributed by atoms with E-state index in [0.717, 1.165) is 56.5 Å². The molecule has 0 N–H and O–H groups in total. The van der Waals surface area contributed by atoms with Crippen molar-refractivity contribution in [1.82, 2.24) is 4.90 Å². The van der Waals surface area contributed by atoms with Gasteiger partial charge in [0.2, 0.25) is 5.91 Å².